The molecule has 1 atom stereocenters. The number of benzene rings is 2. The van der Waals surface area contributed by atoms with E-state index in [1.165, 1.54) is 11.1 Å². The SMILES string of the molecule is COc1c(C(N)c2ccc(C)cc2)ccc(C)c1C. The van der Waals surface area contributed by atoms with Gasteiger partial charge in [-0.25, -0.2) is 0 Å². The van der Waals surface area contributed by atoms with Gasteiger partial charge in [-0.2, -0.15) is 0 Å². The van der Waals surface area contributed by atoms with Gasteiger partial charge in [0.1, 0.15) is 5.75 Å². The van der Waals surface area contributed by atoms with Crippen LogP contribution in [0.1, 0.15) is 33.9 Å². The Labute approximate surface area is 115 Å². The highest BCUT2D eigenvalue weighted by Gasteiger charge is 2.16. The quantitative estimate of drug-likeness (QED) is 0.908. The van der Waals surface area contributed by atoms with E-state index in [0.29, 0.717) is 0 Å². The highest BCUT2D eigenvalue weighted by atomic mass is 16.5. The molecule has 2 aromatic carbocycles. The molecule has 19 heavy (non-hydrogen) atoms. The van der Waals surface area contributed by atoms with Crippen LogP contribution in [0.4, 0.5) is 0 Å². The van der Waals surface area contributed by atoms with Crippen molar-refractivity contribution in [2.75, 3.05) is 7.11 Å². The van der Waals surface area contributed by atoms with E-state index in [1.54, 1.807) is 7.11 Å². The Bertz CT molecular complexity index is 573. The summed E-state index contributed by atoms with van der Waals surface area (Å²) in [6.07, 6.45) is 0. The Morgan fingerprint density at radius 1 is 0.947 bits per heavy atom. The maximum absolute atomic E-state index is 6.38. The molecule has 0 aliphatic heterocycles. The molecule has 0 heterocycles. The summed E-state index contributed by atoms with van der Waals surface area (Å²) < 4.78 is 5.54. The highest BCUT2D eigenvalue weighted by molar-refractivity contribution is 5.49. The standard InChI is InChI=1S/C17H21NO/c1-11-5-8-14(9-6-11)16(18)15-10-7-12(2)13(3)17(15)19-4/h5-10,16H,18H2,1-4H3. The van der Waals surface area contributed by atoms with Crippen LogP contribution in [0.3, 0.4) is 0 Å². The number of hydrogen-bond acceptors (Lipinski definition) is 2. The molecule has 1 unspecified atom stereocenters. The Morgan fingerprint density at radius 3 is 2.16 bits per heavy atom. The Hall–Kier alpha value is -1.80. The van der Waals surface area contributed by atoms with Crippen molar-refractivity contribution in [2.45, 2.75) is 26.8 Å². The summed E-state index contributed by atoms with van der Waals surface area (Å²) >= 11 is 0. The molecule has 0 aliphatic rings. The molecule has 100 valence electrons. The van der Waals surface area contributed by atoms with Gasteiger partial charge in [0.15, 0.2) is 0 Å². The molecule has 2 aromatic rings. The van der Waals surface area contributed by atoms with Gasteiger partial charge in [-0.1, -0.05) is 42.0 Å². The van der Waals surface area contributed by atoms with Crippen LogP contribution >= 0.6 is 0 Å². The van der Waals surface area contributed by atoms with Gasteiger partial charge in [0.25, 0.3) is 0 Å². The molecule has 2 rings (SSSR count). The first-order chi connectivity index (χ1) is 9.04. The average molecular weight is 255 g/mol. The monoisotopic (exact) mass is 255 g/mol. The zero-order valence-corrected chi connectivity index (χ0v) is 12.0. The van der Waals surface area contributed by atoms with Crippen LogP contribution in [0.15, 0.2) is 36.4 Å². The number of methoxy groups -OCH3 is 1. The lowest BCUT2D eigenvalue weighted by Crippen LogP contribution is -2.14. The molecule has 2 heteroatoms. The number of aryl methyl sites for hydroxylation is 2. The van der Waals surface area contributed by atoms with Gasteiger partial charge in [-0.3, -0.25) is 0 Å². The summed E-state index contributed by atoms with van der Waals surface area (Å²) in [6, 6.07) is 12.3. The molecule has 2 nitrogen and oxygen atoms in total. The second-order valence-corrected chi connectivity index (χ2v) is 5.02. The third-order valence-corrected chi connectivity index (χ3v) is 3.68. The Balaban J connectivity index is 2.46. The normalized spacial score (nSPS) is 12.3. The van der Waals surface area contributed by atoms with E-state index in [-0.39, 0.29) is 6.04 Å². The summed E-state index contributed by atoms with van der Waals surface area (Å²) in [7, 11) is 1.70. The first-order valence-electron chi connectivity index (χ1n) is 6.51. The van der Waals surface area contributed by atoms with Gasteiger partial charge in [0.05, 0.1) is 13.2 Å². The van der Waals surface area contributed by atoms with Gasteiger partial charge in [0.2, 0.25) is 0 Å². The zero-order chi connectivity index (χ0) is 14.0. The molecule has 0 aromatic heterocycles. The van der Waals surface area contributed by atoms with Crippen LogP contribution in [0, 0.1) is 20.8 Å². The van der Waals surface area contributed by atoms with E-state index in [0.717, 1.165) is 22.4 Å². The van der Waals surface area contributed by atoms with Crippen LogP contribution in [0.2, 0.25) is 0 Å². The molecule has 0 radical (unpaired) electrons. The second-order valence-electron chi connectivity index (χ2n) is 5.02. The van der Waals surface area contributed by atoms with E-state index >= 15 is 0 Å². The minimum Gasteiger partial charge on any atom is -0.496 e. The van der Waals surface area contributed by atoms with Crippen molar-refractivity contribution in [3.63, 3.8) is 0 Å². The van der Waals surface area contributed by atoms with Crippen molar-refractivity contribution in [1.29, 1.82) is 0 Å². The van der Waals surface area contributed by atoms with E-state index in [2.05, 4.69) is 57.2 Å². The molecular weight excluding hydrogens is 234 g/mol. The summed E-state index contributed by atoms with van der Waals surface area (Å²) in [5.74, 6) is 0.896. The van der Waals surface area contributed by atoms with Crippen LogP contribution < -0.4 is 10.5 Å². The van der Waals surface area contributed by atoms with Crippen molar-refractivity contribution in [3.8, 4) is 5.75 Å². The second kappa shape index (κ2) is 5.45. The predicted octanol–water partition coefficient (Wildman–Crippen LogP) is 3.67. The van der Waals surface area contributed by atoms with Crippen LogP contribution in [0.25, 0.3) is 0 Å². The van der Waals surface area contributed by atoms with E-state index in [9.17, 15) is 0 Å². The smallest absolute Gasteiger partial charge is 0.127 e. The molecule has 0 saturated carbocycles. The van der Waals surface area contributed by atoms with Crippen molar-refractivity contribution < 1.29 is 4.74 Å². The molecular formula is C17H21NO. The lowest BCUT2D eigenvalue weighted by molar-refractivity contribution is 0.404. The first-order valence-corrected chi connectivity index (χ1v) is 6.51. The summed E-state index contributed by atoms with van der Waals surface area (Å²) in [6.45, 7) is 6.23. The molecule has 0 spiro atoms. The van der Waals surface area contributed by atoms with Gasteiger partial charge in [-0.05, 0) is 37.5 Å². The average Bonchev–Trinajstić information content (AvgIpc) is 2.41. The fraction of sp³-hybridized carbons (Fsp3) is 0.294. The highest BCUT2D eigenvalue weighted by Crippen LogP contribution is 2.32. The minimum atomic E-state index is -0.158. The molecule has 0 saturated heterocycles. The fourth-order valence-electron chi connectivity index (χ4n) is 2.28. The van der Waals surface area contributed by atoms with Gasteiger partial charge < -0.3 is 10.5 Å². The summed E-state index contributed by atoms with van der Waals surface area (Å²) in [4.78, 5) is 0. The van der Waals surface area contributed by atoms with Gasteiger partial charge in [0, 0.05) is 5.56 Å². The number of nitrogens with two attached hydrogens (primary N) is 1. The number of ether oxygens (including phenoxy) is 1. The topological polar surface area (TPSA) is 35.2 Å². The Morgan fingerprint density at radius 2 is 1.58 bits per heavy atom. The number of rotatable bonds is 3. The van der Waals surface area contributed by atoms with Crippen molar-refractivity contribution in [3.05, 3.63) is 64.2 Å². The van der Waals surface area contributed by atoms with E-state index in [1.807, 2.05) is 0 Å². The van der Waals surface area contributed by atoms with Crippen LogP contribution in [-0.4, -0.2) is 7.11 Å². The minimum absolute atomic E-state index is 0.158. The van der Waals surface area contributed by atoms with Crippen molar-refractivity contribution in [1.82, 2.24) is 0 Å². The number of hydrogen-bond donors (Lipinski definition) is 1. The molecule has 0 fully saturated rings. The van der Waals surface area contributed by atoms with Crippen LogP contribution in [0.5, 0.6) is 5.75 Å². The van der Waals surface area contributed by atoms with Gasteiger partial charge >= 0.3 is 0 Å². The van der Waals surface area contributed by atoms with E-state index < -0.39 is 0 Å². The molecule has 0 bridgehead atoms. The predicted molar refractivity (Wildman–Crippen MR) is 79.7 cm³/mol. The zero-order valence-electron chi connectivity index (χ0n) is 12.0. The maximum Gasteiger partial charge on any atom is 0.127 e. The molecule has 0 amide bonds. The molecule has 2 N–H and O–H groups in total. The third-order valence-electron chi connectivity index (χ3n) is 3.68. The first kappa shape index (κ1) is 13.6. The van der Waals surface area contributed by atoms with E-state index in [4.69, 9.17) is 10.5 Å². The summed E-state index contributed by atoms with van der Waals surface area (Å²) in [5, 5.41) is 0. The largest absolute Gasteiger partial charge is 0.496 e. The lowest BCUT2D eigenvalue weighted by atomic mass is 9.94. The lowest BCUT2D eigenvalue weighted by Gasteiger charge is -2.19. The van der Waals surface area contributed by atoms with Crippen molar-refractivity contribution >= 4 is 0 Å². The summed E-state index contributed by atoms with van der Waals surface area (Å²) in [5.41, 5.74) is 12.1. The molecule has 0 aliphatic carbocycles. The van der Waals surface area contributed by atoms with Crippen LogP contribution in [-0.2, 0) is 0 Å². The maximum atomic E-state index is 6.38. The van der Waals surface area contributed by atoms with Crippen molar-refractivity contribution in [2.24, 2.45) is 5.73 Å². The Kier molecular flexibility index (Phi) is 3.91. The van der Waals surface area contributed by atoms with Gasteiger partial charge in [-0.15, -0.1) is 0 Å². The fourth-order valence-corrected chi connectivity index (χ4v) is 2.28. The third kappa shape index (κ3) is 2.64.